The molecule has 1 rings (SSSR count). The van der Waals surface area contributed by atoms with E-state index < -0.39 is 11.8 Å². The van der Waals surface area contributed by atoms with Crippen LogP contribution in [0.1, 0.15) is 15.9 Å². The number of carboxylic acid groups (broad SMARTS) is 1. The molecule has 0 fully saturated rings. The van der Waals surface area contributed by atoms with Crippen LogP contribution in [0.15, 0.2) is 24.3 Å². The lowest BCUT2D eigenvalue weighted by Crippen LogP contribution is -1.89. The van der Waals surface area contributed by atoms with E-state index in [1.54, 1.807) is 0 Å². The summed E-state index contributed by atoms with van der Waals surface area (Å²) in [7, 11) is 0. The Morgan fingerprint density at radius 3 is 2.64 bits per heavy atom. The largest absolute Gasteiger partial charge is 0.478 e. The highest BCUT2D eigenvalue weighted by Crippen LogP contribution is 2.09. The van der Waals surface area contributed by atoms with Gasteiger partial charge in [0.2, 0.25) is 0 Å². The van der Waals surface area contributed by atoms with Gasteiger partial charge in [-0.3, -0.25) is 4.79 Å². The zero-order valence-corrected chi connectivity index (χ0v) is 7.11. The molecule has 0 saturated heterocycles. The molecule has 14 heavy (non-hydrogen) atoms. The second kappa shape index (κ2) is 4.32. The first-order valence-corrected chi connectivity index (χ1v) is 3.79. The van der Waals surface area contributed by atoms with E-state index in [4.69, 9.17) is 5.11 Å². The van der Waals surface area contributed by atoms with Crippen LogP contribution in [0.5, 0.6) is 0 Å². The van der Waals surface area contributed by atoms with E-state index in [1.165, 1.54) is 18.2 Å². The summed E-state index contributed by atoms with van der Waals surface area (Å²) in [5.74, 6) is -1.77. The molecule has 0 heterocycles. The Hall–Kier alpha value is -1.97. The van der Waals surface area contributed by atoms with Gasteiger partial charge < -0.3 is 5.11 Å². The normalized spacial score (nSPS) is 10.4. The van der Waals surface area contributed by atoms with Crippen LogP contribution in [-0.2, 0) is 4.79 Å². The van der Waals surface area contributed by atoms with Crippen LogP contribution in [-0.4, -0.2) is 17.4 Å². The fourth-order valence-corrected chi connectivity index (χ4v) is 0.910. The van der Waals surface area contributed by atoms with Gasteiger partial charge in [-0.2, -0.15) is 0 Å². The lowest BCUT2D eigenvalue weighted by Gasteiger charge is -1.95. The van der Waals surface area contributed by atoms with Gasteiger partial charge in [0.1, 0.15) is 5.82 Å². The van der Waals surface area contributed by atoms with Crippen LogP contribution < -0.4 is 0 Å². The van der Waals surface area contributed by atoms with Gasteiger partial charge in [0.15, 0.2) is 6.29 Å². The summed E-state index contributed by atoms with van der Waals surface area (Å²) < 4.78 is 13.0. The van der Waals surface area contributed by atoms with Gasteiger partial charge in [0.05, 0.1) is 5.56 Å². The lowest BCUT2D eigenvalue weighted by atomic mass is 10.1. The zero-order valence-electron chi connectivity index (χ0n) is 7.11. The maximum atomic E-state index is 13.0. The number of carboxylic acids is 1. The topological polar surface area (TPSA) is 54.4 Å². The molecule has 4 heteroatoms. The highest BCUT2D eigenvalue weighted by atomic mass is 19.1. The van der Waals surface area contributed by atoms with Crippen molar-refractivity contribution in [3.63, 3.8) is 0 Å². The Bertz CT molecular complexity index is 396. The van der Waals surface area contributed by atoms with Crippen LogP contribution in [0.4, 0.5) is 4.39 Å². The Kier molecular flexibility index (Phi) is 3.12. The summed E-state index contributed by atoms with van der Waals surface area (Å²) in [6.07, 6.45) is 2.55. The van der Waals surface area contributed by atoms with Gasteiger partial charge in [-0.05, 0) is 23.8 Å². The monoisotopic (exact) mass is 194 g/mol. The highest BCUT2D eigenvalue weighted by molar-refractivity contribution is 5.85. The van der Waals surface area contributed by atoms with E-state index in [0.717, 1.165) is 12.1 Å². The summed E-state index contributed by atoms with van der Waals surface area (Å²) in [5, 5.41) is 8.31. The standard InChI is InChI=1S/C10H7FO3/c11-9-5-7(2-4-10(13)14)1-3-8(9)6-12/h1-6H,(H,13,14). The van der Waals surface area contributed by atoms with E-state index in [-0.39, 0.29) is 5.56 Å². The number of carbonyl (C=O) groups is 2. The predicted octanol–water partition coefficient (Wildman–Crippen LogP) is 1.74. The molecule has 0 radical (unpaired) electrons. The van der Waals surface area contributed by atoms with Crippen LogP contribution >= 0.6 is 0 Å². The van der Waals surface area contributed by atoms with Gasteiger partial charge in [0, 0.05) is 6.08 Å². The molecule has 1 aromatic rings. The number of carbonyl (C=O) groups excluding carboxylic acids is 1. The molecule has 0 saturated carbocycles. The molecular formula is C10H7FO3. The molecule has 0 amide bonds. The molecule has 72 valence electrons. The van der Waals surface area contributed by atoms with E-state index >= 15 is 0 Å². The highest BCUT2D eigenvalue weighted by Gasteiger charge is 2.00. The van der Waals surface area contributed by atoms with Gasteiger partial charge in [0.25, 0.3) is 0 Å². The van der Waals surface area contributed by atoms with Crippen LogP contribution in [0.3, 0.4) is 0 Å². The average molecular weight is 194 g/mol. The number of aldehydes is 1. The van der Waals surface area contributed by atoms with Crippen molar-refractivity contribution in [1.82, 2.24) is 0 Å². The molecule has 1 aromatic carbocycles. The van der Waals surface area contributed by atoms with E-state index in [2.05, 4.69) is 0 Å². The van der Waals surface area contributed by atoms with Crippen molar-refractivity contribution in [2.45, 2.75) is 0 Å². The molecule has 0 aliphatic heterocycles. The van der Waals surface area contributed by atoms with Crippen molar-refractivity contribution in [2.75, 3.05) is 0 Å². The van der Waals surface area contributed by atoms with Gasteiger partial charge in [-0.25, -0.2) is 9.18 Å². The molecule has 0 spiro atoms. The SMILES string of the molecule is O=Cc1ccc(C=CC(=O)O)cc1F. The number of halogens is 1. The van der Waals surface area contributed by atoms with Gasteiger partial charge in [-0.1, -0.05) is 6.07 Å². The lowest BCUT2D eigenvalue weighted by molar-refractivity contribution is -0.131. The molecule has 0 unspecified atom stereocenters. The Balaban J connectivity index is 2.97. The van der Waals surface area contributed by atoms with E-state index in [0.29, 0.717) is 11.8 Å². The fraction of sp³-hybridized carbons (Fsp3) is 0. The fourth-order valence-electron chi connectivity index (χ4n) is 0.910. The third kappa shape index (κ3) is 2.52. The minimum absolute atomic E-state index is 0.0440. The van der Waals surface area contributed by atoms with Crippen LogP contribution in [0.25, 0.3) is 6.08 Å². The molecular weight excluding hydrogens is 187 g/mol. The Morgan fingerprint density at radius 1 is 1.43 bits per heavy atom. The van der Waals surface area contributed by atoms with Crippen LogP contribution in [0, 0.1) is 5.82 Å². The summed E-state index contributed by atoms with van der Waals surface area (Å²) in [6, 6.07) is 3.86. The summed E-state index contributed by atoms with van der Waals surface area (Å²) in [6.45, 7) is 0. The Labute approximate surface area is 79.5 Å². The first-order valence-electron chi connectivity index (χ1n) is 3.79. The zero-order chi connectivity index (χ0) is 10.6. The Morgan fingerprint density at radius 2 is 2.14 bits per heavy atom. The average Bonchev–Trinajstić information content (AvgIpc) is 2.15. The van der Waals surface area contributed by atoms with E-state index in [9.17, 15) is 14.0 Å². The van der Waals surface area contributed by atoms with Gasteiger partial charge >= 0.3 is 5.97 Å². The predicted molar refractivity (Wildman–Crippen MR) is 48.5 cm³/mol. The molecule has 0 bridgehead atoms. The minimum atomic E-state index is -1.11. The van der Waals surface area contributed by atoms with Crippen molar-refractivity contribution < 1.29 is 19.1 Å². The van der Waals surface area contributed by atoms with E-state index in [1.807, 2.05) is 0 Å². The summed E-state index contributed by atoms with van der Waals surface area (Å²) in [4.78, 5) is 20.4. The van der Waals surface area contributed by atoms with Crippen molar-refractivity contribution in [2.24, 2.45) is 0 Å². The third-order valence-electron chi connectivity index (χ3n) is 1.57. The second-order valence-electron chi connectivity index (χ2n) is 2.57. The molecule has 3 nitrogen and oxygen atoms in total. The van der Waals surface area contributed by atoms with Crippen molar-refractivity contribution in [1.29, 1.82) is 0 Å². The number of benzene rings is 1. The van der Waals surface area contributed by atoms with Crippen molar-refractivity contribution in [3.8, 4) is 0 Å². The molecule has 0 aromatic heterocycles. The minimum Gasteiger partial charge on any atom is -0.478 e. The maximum Gasteiger partial charge on any atom is 0.328 e. The third-order valence-corrected chi connectivity index (χ3v) is 1.57. The number of aliphatic carboxylic acids is 1. The molecule has 1 N–H and O–H groups in total. The first-order chi connectivity index (χ1) is 6.63. The first kappa shape index (κ1) is 10.1. The maximum absolute atomic E-state index is 13.0. The number of hydrogen-bond acceptors (Lipinski definition) is 2. The quantitative estimate of drug-likeness (QED) is 0.589. The van der Waals surface area contributed by atoms with Crippen molar-refractivity contribution >= 4 is 18.3 Å². The summed E-state index contributed by atoms with van der Waals surface area (Å²) in [5.41, 5.74) is 0.355. The molecule has 0 aliphatic carbocycles. The smallest absolute Gasteiger partial charge is 0.328 e. The number of rotatable bonds is 3. The second-order valence-corrected chi connectivity index (χ2v) is 2.57. The van der Waals surface area contributed by atoms with Crippen LogP contribution in [0.2, 0.25) is 0 Å². The summed E-state index contributed by atoms with van der Waals surface area (Å²) >= 11 is 0. The number of hydrogen-bond donors (Lipinski definition) is 1. The molecule has 0 atom stereocenters. The van der Waals surface area contributed by atoms with Gasteiger partial charge in [-0.15, -0.1) is 0 Å². The molecule has 0 aliphatic rings. The van der Waals surface area contributed by atoms with Crippen molar-refractivity contribution in [3.05, 3.63) is 41.2 Å².